The summed E-state index contributed by atoms with van der Waals surface area (Å²) in [5.41, 5.74) is 7.88. The third-order valence-corrected chi connectivity index (χ3v) is 4.35. The fourth-order valence-electron chi connectivity index (χ4n) is 1.73. The van der Waals surface area contributed by atoms with Gasteiger partial charge in [-0.1, -0.05) is 26.0 Å². The van der Waals surface area contributed by atoms with E-state index in [1.165, 1.54) is 4.90 Å². The van der Waals surface area contributed by atoms with Crippen molar-refractivity contribution in [2.24, 2.45) is 0 Å². The molecule has 0 aliphatic carbocycles. The third kappa shape index (κ3) is 3.09. The van der Waals surface area contributed by atoms with Crippen LogP contribution >= 0.6 is 27.7 Å². The summed E-state index contributed by atoms with van der Waals surface area (Å²) in [6, 6.07) is 8.19. The number of hydrogen-bond acceptors (Lipinski definition) is 4. The number of anilines is 1. The van der Waals surface area contributed by atoms with Crippen molar-refractivity contribution in [3.63, 3.8) is 0 Å². The second-order valence-corrected chi connectivity index (χ2v) is 6.19. The molecule has 1 aromatic carbocycles. The summed E-state index contributed by atoms with van der Waals surface area (Å²) in [6.07, 6.45) is 2.06. The Morgan fingerprint density at radius 1 is 1.16 bits per heavy atom. The molecule has 5 heteroatoms. The van der Waals surface area contributed by atoms with E-state index in [-0.39, 0.29) is 0 Å². The smallest absolute Gasteiger partial charge is 0.161 e. The first-order valence-corrected chi connectivity index (χ1v) is 8.02. The number of nitrogens with two attached hydrogens (primary N) is 1. The Morgan fingerprint density at radius 3 is 2.32 bits per heavy atom. The molecule has 0 aliphatic rings. The zero-order chi connectivity index (χ0) is 14.0. The van der Waals surface area contributed by atoms with E-state index in [1.807, 2.05) is 12.1 Å². The van der Waals surface area contributed by atoms with E-state index in [9.17, 15) is 0 Å². The van der Waals surface area contributed by atoms with E-state index in [0.717, 1.165) is 15.7 Å². The zero-order valence-corrected chi connectivity index (χ0v) is 13.5. The molecular formula is C14H16BrN3S. The Kier molecular flexibility index (Phi) is 4.47. The summed E-state index contributed by atoms with van der Waals surface area (Å²) >= 11 is 5.17. The van der Waals surface area contributed by atoms with Crippen molar-refractivity contribution in [3.8, 4) is 11.4 Å². The molecule has 0 spiro atoms. The minimum Gasteiger partial charge on any atom is -0.383 e. The Bertz CT molecular complexity index is 582. The molecule has 0 aliphatic heterocycles. The molecule has 2 N–H and O–H groups in total. The van der Waals surface area contributed by atoms with Crippen LogP contribution < -0.4 is 5.73 Å². The number of aromatic nitrogens is 2. The Hall–Kier alpha value is -1.07. The lowest BCUT2D eigenvalue weighted by molar-refractivity contribution is 0.811. The van der Waals surface area contributed by atoms with E-state index < -0.39 is 0 Å². The lowest BCUT2D eigenvalue weighted by atomic mass is 10.1. The first-order chi connectivity index (χ1) is 9.02. The lowest BCUT2D eigenvalue weighted by Crippen LogP contribution is -2.04. The van der Waals surface area contributed by atoms with Gasteiger partial charge in [-0.3, -0.25) is 0 Å². The van der Waals surface area contributed by atoms with Crippen molar-refractivity contribution in [1.82, 2.24) is 9.97 Å². The van der Waals surface area contributed by atoms with Gasteiger partial charge in [0.2, 0.25) is 0 Å². The van der Waals surface area contributed by atoms with Gasteiger partial charge in [0.15, 0.2) is 5.82 Å². The molecule has 0 unspecified atom stereocenters. The Labute approximate surface area is 126 Å². The van der Waals surface area contributed by atoms with Crippen molar-refractivity contribution < 1.29 is 0 Å². The number of halogens is 1. The molecule has 3 nitrogen and oxygen atoms in total. The molecule has 19 heavy (non-hydrogen) atoms. The van der Waals surface area contributed by atoms with Gasteiger partial charge in [0.05, 0.1) is 10.2 Å². The summed E-state index contributed by atoms with van der Waals surface area (Å²) in [5, 5.41) is 0. The highest BCUT2D eigenvalue weighted by Gasteiger charge is 2.14. The maximum Gasteiger partial charge on any atom is 0.161 e. The predicted molar refractivity (Wildman–Crippen MR) is 85.5 cm³/mol. The van der Waals surface area contributed by atoms with Gasteiger partial charge in [-0.05, 0) is 40.2 Å². The summed E-state index contributed by atoms with van der Waals surface area (Å²) in [5.74, 6) is 1.46. The summed E-state index contributed by atoms with van der Waals surface area (Å²) in [4.78, 5) is 10.2. The molecule has 0 amide bonds. The number of benzene rings is 1. The van der Waals surface area contributed by atoms with Gasteiger partial charge < -0.3 is 5.73 Å². The zero-order valence-electron chi connectivity index (χ0n) is 11.1. The Morgan fingerprint density at radius 2 is 1.79 bits per heavy atom. The van der Waals surface area contributed by atoms with E-state index in [2.05, 4.69) is 58.1 Å². The van der Waals surface area contributed by atoms with Gasteiger partial charge >= 0.3 is 0 Å². The van der Waals surface area contributed by atoms with Crippen molar-refractivity contribution in [1.29, 1.82) is 0 Å². The fraction of sp³-hybridized carbons (Fsp3) is 0.286. The van der Waals surface area contributed by atoms with Crippen LogP contribution in [0.15, 0.2) is 33.6 Å². The first-order valence-electron chi connectivity index (χ1n) is 6.00. The van der Waals surface area contributed by atoms with Crippen molar-refractivity contribution in [2.75, 3.05) is 12.0 Å². The van der Waals surface area contributed by atoms with Crippen molar-refractivity contribution in [3.05, 3.63) is 34.4 Å². The number of thioether (sulfide) groups is 1. The minimum absolute atomic E-state index is 0.295. The molecule has 2 aromatic rings. The quantitative estimate of drug-likeness (QED) is 0.846. The number of rotatable bonds is 3. The molecule has 0 fully saturated rings. The molecule has 2 rings (SSSR count). The van der Waals surface area contributed by atoms with Gasteiger partial charge in [0, 0.05) is 10.5 Å². The molecule has 1 aromatic heterocycles. The monoisotopic (exact) mass is 337 g/mol. The standard InChI is InChI=1S/C14H16BrN3S/c1-8(2)12-11(15)13(16)18-14(17-12)9-4-6-10(19-3)7-5-9/h4-8H,1-3H3,(H2,16,17,18). The van der Waals surface area contributed by atoms with Crippen LogP contribution in [0.3, 0.4) is 0 Å². The highest BCUT2D eigenvalue weighted by molar-refractivity contribution is 9.10. The van der Waals surface area contributed by atoms with E-state index >= 15 is 0 Å². The lowest BCUT2D eigenvalue weighted by Gasteiger charge is -2.11. The van der Waals surface area contributed by atoms with Crippen LogP contribution in [0.1, 0.15) is 25.5 Å². The predicted octanol–water partition coefficient (Wildman–Crippen LogP) is 4.33. The average Bonchev–Trinajstić information content (AvgIpc) is 2.41. The van der Waals surface area contributed by atoms with Crippen LogP contribution in [-0.2, 0) is 0 Å². The van der Waals surface area contributed by atoms with Gasteiger partial charge in [-0.25, -0.2) is 9.97 Å². The topological polar surface area (TPSA) is 51.8 Å². The van der Waals surface area contributed by atoms with E-state index in [4.69, 9.17) is 5.73 Å². The molecule has 1 heterocycles. The van der Waals surface area contributed by atoms with Gasteiger partial charge in [0.1, 0.15) is 5.82 Å². The number of hydrogen-bond donors (Lipinski definition) is 1. The van der Waals surface area contributed by atoms with Crippen molar-refractivity contribution in [2.45, 2.75) is 24.7 Å². The third-order valence-electron chi connectivity index (χ3n) is 2.80. The van der Waals surface area contributed by atoms with E-state index in [1.54, 1.807) is 11.8 Å². The molecule has 100 valence electrons. The highest BCUT2D eigenvalue weighted by atomic mass is 79.9. The second-order valence-electron chi connectivity index (χ2n) is 4.51. The van der Waals surface area contributed by atoms with Crippen LogP contribution in [-0.4, -0.2) is 16.2 Å². The molecule has 0 radical (unpaired) electrons. The highest BCUT2D eigenvalue weighted by Crippen LogP contribution is 2.30. The maximum absolute atomic E-state index is 5.95. The van der Waals surface area contributed by atoms with Gasteiger partial charge in [-0.2, -0.15) is 0 Å². The average molecular weight is 338 g/mol. The molecule has 0 atom stereocenters. The second kappa shape index (κ2) is 5.92. The van der Waals surface area contributed by atoms with Gasteiger partial charge in [-0.15, -0.1) is 11.8 Å². The van der Waals surface area contributed by atoms with Crippen LogP contribution in [0, 0.1) is 0 Å². The maximum atomic E-state index is 5.95. The van der Waals surface area contributed by atoms with Crippen LogP contribution in [0.5, 0.6) is 0 Å². The molecular weight excluding hydrogens is 322 g/mol. The largest absolute Gasteiger partial charge is 0.383 e. The van der Waals surface area contributed by atoms with Gasteiger partial charge in [0.25, 0.3) is 0 Å². The normalized spacial score (nSPS) is 11.0. The first kappa shape index (κ1) is 14.3. The Balaban J connectivity index is 2.49. The van der Waals surface area contributed by atoms with Crippen LogP contribution in [0.4, 0.5) is 5.82 Å². The molecule has 0 saturated heterocycles. The fourth-order valence-corrected chi connectivity index (χ4v) is 2.78. The molecule has 0 saturated carbocycles. The summed E-state index contributed by atoms with van der Waals surface area (Å²) < 4.78 is 0.798. The van der Waals surface area contributed by atoms with E-state index in [0.29, 0.717) is 17.6 Å². The van der Waals surface area contributed by atoms with Crippen LogP contribution in [0.2, 0.25) is 0 Å². The number of nitrogen functional groups attached to an aromatic ring is 1. The minimum atomic E-state index is 0.295. The SMILES string of the molecule is CSc1ccc(-c2nc(N)c(Br)c(C(C)C)n2)cc1. The number of nitrogens with zero attached hydrogens (tertiary/aromatic N) is 2. The molecule has 0 bridgehead atoms. The summed E-state index contributed by atoms with van der Waals surface area (Å²) in [7, 11) is 0. The van der Waals surface area contributed by atoms with Crippen LogP contribution in [0.25, 0.3) is 11.4 Å². The summed E-state index contributed by atoms with van der Waals surface area (Å²) in [6.45, 7) is 4.18. The van der Waals surface area contributed by atoms with Crippen molar-refractivity contribution >= 4 is 33.5 Å².